The Balaban J connectivity index is 2.67. The van der Waals surface area contributed by atoms with E-state index in [0.29, 0.717) is 26.6 Å². The van der Waals surface area contributed by atoms with E-state index in [4.69, 9.17) is 29.0 Å². The van der Waals surface area contributed by atoms with Crippen molar-refractivity contribution in [1.82, 2.24) is 4.98 Å². The molecule has 0 spiro atoms. The van der Waals surface area contributed by atoms with Gasteiger partial charge in [0.05, 0.1) is 23.6 Å². The van der Waals surface area contributed by atoms with Gasteiger partial charge in [0.1, 0.15) is 5.03 Å². The average molecular weight is 296 g/mol. The number of methoxy groups -OCH3 is 1. The number of carbonyl (C=O) groups excluding carboxylic acids is 1. The van der Waals surface area contributed by atoms with Gasteiger partial charge in [-0.05, 0) is 6.07 Å². The number of nitrogens with one attached hydrogen (secondary N) is 1. The number of hydrogen-bond acceptors (Lipinski definition) is 6. The topological polar surface area (TPSA) is 77.2 Å². The van der Waals surface area contributed by atoms with E-state index in [0.717, 1.165) is 0 Å². The van der Waals surface area contributed by atoms with Crippen molar-refractivity contribution in [2.24, 2.45) is 5.84 Å². The molecule has 1 aromatic rings. The molecule has 0 aromatic carbocycles. The van der Waals surface area contributed by atoms with Crippen LogP contribution in [0.5, 0.6) is 0 Å². The number of rotatable bonds is 5. The van der Waals surface area contributed by atoms with Gasteiger partial charge in [-0.25, -0.2) is 10.8 Å². The highest BCUT2D eigenvalue weighted by Crippen LogP contribution is 2.31. The van der Waals surface area contributed by atoms with Crippen molar-refractivity contribution in [3.8, 4) is 0 Å². The zero-order valence-electron chi connectivity index (χ0n) is 9.00. The molecule has 0 saturated carbocycles. The van der Waals surface area contributed by atoms with Crippen LogP contribution in [0.2, 0.25) is 10.0 Å². The van der Waals surface area contributed by atoms with Gasteiger partial charge >= 0.3 is 5.97 Å². The molecule has 0 aliphatic heterocycles. The molecule has 0 aliphatic rings. The number of aromatic nitrogens is 1. The summed E-state index contributed by atoms with van der Waals surface area (Å²) < 4.78 is 4.52. The fourth-order valence-corrected chi connectivity index (χ4v) is 2.38. The molecule has 0 unspecified atom stereocenters. The molecule has 94 valence electrons. The third kappa shape index (κ3) is 4.23. The minimum Gasteiger partial charge on any atom is -0.469 e. The van der Waals surface area contributed by atoms with Gasteiger partial charge < -0.3 is 10.2 Å². The van der Waals surface area contributed by atoms with Crippen LogP contribution in [0.1, 0.15) is 6.42 Å². The minimum absolute atomic E-state index is 0.278. The molecule has 3 N–H and O–H groups in total. The van der Waals surface area contributed by atoms with Crippen molar-refractivity contribution < 1.29 is 9.53 Å². The average Bonchev–Trinajstić information content (AvgIpc) is 2.31. The molecule has 5 nitrogen and oxygen atoms in total. The first-order chi connectivity index (χ1) is 8.08. The Hall–Kier alpha value is -0.690. The van der Waals surface area contributed by atoms with Crippen LogP contribution in [0.15, 0.2) is 11.1 Å². The molecule has 0 aliphatic carbocycles. The normalized spacial score (nSPS) is 10.1. The highest BCUT2D eigenvalue weighted by atomic mass is 35.5. The Labute approximate surface area is 113 Å². The second kappa shape index (κ2) is 6.90. The van der Waals surface area contributed by atoms with E-state index in [2.05, 4.69) is 15.1 Å². The summed E-state index contributed by atoms with van der Waals surface area (Å²) in [5, 5.41) is 1.33. The fraction of sp³-hybridized carbons (Fsp3) is 0.333. The lowest BCUT2D eigenvalue weighted by molar-refractivity contribution is -0.140. The van der Waals surface area contributed by atoms with Crippen LogP contribution in [0.25, 0.3) is 0 Å². The van der Waals surface area contributed by atoms with E-state index in [-0.39, 0.29) is 12.4 Å². The number of nitrogens with zero attached hydrogens (tertiary/aromatic N) is 1. The maximum absolute atomic E-state index is 10.9. The van der Waals surface area contributed by atoms with Gasteiger partial charge in [0.15, 0.2) is 5.82 Å². The molecular weight excluding hydrogens is 285 g/mol. The molecule has 0 amide bonds. The number of esters is 1. The van der Waals surface area contributed by atoms with E-state index in [1.54, 1.807) is 6.07 Å². The number of hydrogen-bond donors (Lipinski definition) is 2. The van der Waals surface area contributed by atoms with Crippen molar-refractivity contribution in [2.45, 2.75) is 11.4 Å². The van der Waals surface area contributed by atoms with Crippen LogP contribution in [0, 0.1) is 0 Å². The number of pyridine rings is 1. The lowest BCUT2D eigenvalue weighted by Gasteiger charge is -2.07. The maximum atomic E-state index is 10.9. The van der Waals surface area contributed by atoms with Crippen LogP contribution in [-0.2, 0) is 9.53 Å². The first kappa shape index (κ1) is 14.4. The maximum Gasteiger partial charge on any atom is 0.306 e. The van der Waals surface area contributed by atoms with Crippen LogP contribution in [-0.4, -0.2) is 23.8 Å². The van der Waals surface area contributed by atoms with Crippen molar-refractivity contribution in [3.63, 3.8) is 0 Å². The van der Waals surface area contributed by atoms with Gasteiger partial charge in [0, 0.05) is 5.75 Å². The zero-order chi connectivity index (χ0) is 12.8. The fourth-order valence-electron chi connectivity index (χ4n) is 0.985. The monoisotopic (exact) mass is 295 g/mol. The number of anilines is 1. The predicted octanol–water partition coefficient (Wildman–Crippen LogP) is 2.33. The molecule has 0 bridgehead atoms. The Kier molecular flexibility index (Phi) is 5.84. The molecule has 8 heteroatoms. The summed E-state index contributed by atoms with van der Waals surface area (Å²) in [6.07, 6.45) is 0.285. The summed E-state index contributed by atoms with van der Waals surface area (Å²) in [7, 11) is 1.34. The van der Waals surface area contributed by atoms with Crippen LogP contribution in [0.4, 0.5) is 5.82 Å². The number of nitrogens with two attached hydrogens (primary N) is 1. The summed E-state index contributed by atoms with van der Waals surface area (Å²) in [5.41, 5.74) is 2.37. The molecule has 1 aromatic heterocycles. The second-order valence-corrected chi connectivity index (χ2v) is 4.82. The minimum atomic E-state index is -0.278. The molecule has 0 atom stereocenters. The number of halogens is 2. The third-order valence-corrected chi connectivity index (χ3v) is 3.49. The lowest BCUT2D eigenvalue weighted by atomic mass is 10.4. The number of ether oxygens (including phenoxy) is 1. The third-order valence-electron chi connectivity index (χ3n) is 1.81. The molecule has 0 fully saturated rings. The SMILES string of the molecule is COC(=O)CCSc1nc(NN)c(Cl)cc1Cl. The molecule has 1 rings (SSSR count). The molecule has 0 saturated heterocycles. The van der Waals surface area contributed by atoms with Crippen LogP contribution in [0.3, 0.4) is 0 Å². The Morgan fingerprint density at radius 2 is 2.29 bits per heavy atom. The first-order valence-electron chi connectivity index (χ1n) is 4.60. The molecule has 0 radical (unpaired) electrons. The summed E-state index contributed by atoms with van der Waals surface area (Å²) in [5.74, 6) is 5.83. The summed E-state index contributed by atoms with van der Waals surface area (Å²) >= 11 is 13.1. The summed E-state index contributed by atoms with van der Waals surface area (Å²) in [4.78, 5) is 15.0. The van der Waals surface area contributed by atoms with Gasteiger partial charge in [0.25, 0.3) is 0 Å². The second-order valence-electron chi connectivity index (χ2n) is 2.92. The van der Waals surface area contributed by atoms with E-state index >= 15 is 0 Å². The standard InChI is InChI=1S/C9H11Cl2N3O2S/c1-16-7(15)2-3-17-9-6(11)4-5(10)8(13-9)14-12/h4H,2-3,12H2,1H3,(H,13,14). The van der Waals surface area contributed by atoms with Gasteiger partial charge in [0.2, 0.25) is 0 Å². The molecule has 17 heavy (non-hydrogen) atoms. The highest BCUT2D eigenvalue weighted by molar-refractivity contribution is 7.99. The number of hydrazine groups is 1. The van der Waals surface area contributed by atoms with Gasteiger partial charge in [-0.3, -0.25) is 4.79 Å². The highest BCUT2D eigenvalue weighted by Gasteiger charge is 2.10. The number of nitrogen functional groups attached to an aromatic ring is 1. The van der Waals surface area contributed by atoms with Crippen molar-refractivity contribution in [2.75, 3.05) is 18.3 Å². The zero-order valence-corrected chi connectivity index (χ0v) is 11.3. The Morgan fingerprint density at radius 3 is 2.88 bits per heavy atom. The van der Waals surface area contributed by atoms with E-state index < -0.39 is 0 Å². The van der Waals surface area contributed by atoms with Crippen molar-refractivity contribution in [1.29, 1.82) is 0 Å². The van der Waals surface area contributed by atoms with Gasteiger partial charge in [-0.2, -0.15) is 0 Å². The van der Waals surface area contributed by atoms with Crippen molar-refractivity contribution >= 4 is 46.8 Å². The largest absolute Gasteiger partial charge is 0.469 e. The molecular formula is C9H11Cl2N3O2S. The lowest BCUT2D eigenvalue weighted by Crippen LogP contribution is -2.09. The van der Waals surface area contributed by atoms with E-state index in [1.807, 2.05) is 0 Å². The number of carbonyl (C=O) groups is 1. The summed E-state index contributed by atoms with van der Waals surface area (Å²) in [6.45, 7) is 0. The first-order valence-corrected chi connectivity index (χ1v) is 6.35. The van der Waals surface area contributed by atoms with Crippen LogP contribution < -0.4 is 11.3 Å². The smallest absolute Gasteiger partial charge is 0.306 e. The van der Waals surface area contributed by atoms with E-state index in [9.17, 15) is 4.79 Å². The Bertz CT molecular complexity index is 417. The van der Waals surface area contributed by atoms with Gasteiger partial charge in [-0.15, -0.1) is 11.8 Å². The van der Waals surface area contributed by atoms with Gasteiger partial charge in [-0.1, -0.05) is 23.2 Å². The quantitative estimate of drug-likeness (QED) is 0.376. The van der Waals surface area contributed by atoms with E-state index in [1.165, 1.54) is 18.9 Å². The van der Waals surface area contributed by atoms with Crippen LogP contribution >= 0.6 is 35.0 Å². The Morgan fingerprint density at radius 1 is 1.59 bits per heavy atom. The predicted molar refractivity (Wildman–Crippen MR) is 69.4 cm³/mol. The number of thioether (sulfide) groups is 1. The molecule has 1 heterocycles. The van der Waals surface area contributed by atoms with Crippen molar-refractivity contribution in [3.05, 3.63) is 16.1 Å². The summed E-state index contributed by atoms with van der Waals surface area (Å²) in [6, 6.07) is 1.55.